The lowest BCUT2D eigenvalue weighted by Gasteiger charge is -2.16. The Morgan fingerprint density at radius 2 is 1.92 bits per heavy atom. The van der Waals surface area contributed by atoms with Crippen molar-refractivity contribution in [2.24, 2.45) is 0 Å². The number of carbonyl (C=O) groups is 1. The molecule has 0 saturated carbocycles. The first-order valence-electron chi connectivity index (χ1n) is 8.30. The average molecular weight is 414 g/mol. The van der Waals surface area contributed by atoms with Crippen LogP contribution < -0.4 is 10.1 Å². The predicted octanol–water partition coefficient (Wildman–Crippen LogP) is 4.20. The van der Waals surface area contributed by atoms with E-state index in [0.717, 1.165) is 21.3 Å². The van der Waals surface area contributed by atoms with Crippen LogP contribution in [0, 0.1) is 0 Å². The number of para-hydroxylation sites is 3. The van der Waals surface area contributed by atoms with Crippen LogP contribution in [0.25, 0.3) is 11.0 Å². The van der Waals surface area contributed by atoms with Crippen LogP contribution in [0.1, 0.15) is 18.8 Å². The maximum absolute atomic E-state index is 12.2. The van der Waals surface area contributed by atoms with Crippen LogP contribution in [0.2, 0.25) is 0 Å². The number of nitrogens with one attached hydrogen (secondary N) is 1. The van der Waals surface area contributed by atoms with Gasteiger partial charge in [-0.2, -0.15) is 0 Å². The summed E-state index contributed by atoms with van der Waals surface area (Å²) >= 11 is 3.42. The average Bonchev–Trinajstić information content (AvgIpc) is 2.99. The number of allylic oxidation sites excluding steroid dienone is 1. The number of rotatable bonds is 7. The normalized spacial score (nSPS) is 11.9. The van der Waals surface area contributed by atoms with E-state index in [4.69, 9.17) is 4.74 Å². The molecule has 3 rings (SSSR count). The fourth-order valence-corrected chi connectivity index (χ4v) is 3.03. The Labute approximate surface area is 160 Å². The Morgan fingerprint density at radius 1 is 1.23 bits per heavy atom. The van der Waals surface area contributed by atoms with Gasteiger partial charge in [-0.05, 0) is 31.2 Å². The molecule has 0 aliphatic heterocycles. The van der Waals surface area contributed by atoms with E-state index in [0.29, 0.717) is 12.3 Å². The van der Waals surface area contributed by atoms with Crippen molar-refractivity contribution in [1.29, 1.82) is 0 Å². The largest absolute Gasteiger partial charge is 0.484 e. The molecule has 0 bridgehead atoms. The number of benzene rings is 2. The van der Waals surface area contributed by atoms with Gasteiger partial charge in [-0.3, -0.25) is 4.79 Å². The van der Waals surface area contributed by atoms with Gasteiger partial charge in [-0.1, -0.05) is 52.8 Å². The highest BCUT2D eigenvalue weighted by Gasteiger charge is 2.18. The number of fused-ring (bicyclic) bond motifs is 1. The van der Waals surface area contributed by atoms with Crippen molar-refractivity contribution < 1.29 is 9.53 Å². The van der Waals surface area contributed by atoms with E-state index < -0.39 is 0 Å². The van der Waals surface area contributed by atoms with Gasteiger partial charge >= 0.3 is 0 Å². The summed E-state index contributed by atoms with van der Waals surface area (Å²) in [7, 11) is 0. The molecule has 1 unspecified atom stereocenters. The Balaban J connectivity index is 1.73. The molecule has 0 radical (unpaired) electrons. The molecule has 1 aromatic heterocycles. The maximum atomic E-state index is 12.2. The number of amides is 1. The first kappa shape index (κ1) is 18.2. The highest BCUT2D eigenvalue weighted by atomic mass is 79.9. The Hall–Kier alpha value is -2.60. The van der Waals surface area contributed by atoms with Crippen LogP contribution in [0.4, 0.5) is 0 Å². The number of aromatic nitrogens is 2. The van der Waals surface area contributed by atoms with E-state index in [1.54, 1.807) is 0 Å². The lowest BCUT2D eigenvalue weighted by Crippen LogP contribution is -2.32. The number of ether oxygens (including phenoxy) is 1. The van der Waals surface area contributed by atoms with Gasteiger partial charge in [-0.25, -0.2) is 4.98 Å². The standard InChI is InChI=1S/C20H20BrN3O2/c1-14(21)12-24-18-11-7-6-10-17(18)23-20(24)15(2)22-19(25)13-26-16-8-4-3-5-9-16/h3-11,15H,1,12-13H2,2H3,(H,22,25). The molecule has 0 aliphatic rings. The smallest absolute Gasteiger partial charge is 0.258 e. The van der Waals surface area contributed by atoms with Crippen LogP contribution in [0.3, 0.4) is 0 Å². The van der Waals surface area contributed by atoms with Crippen molar-refractivity contribution in [2.75, 3.05) is 6.61 Å². The SMILES string of the molecule is C=C(Br)Cn1c(C(C)NC(=O)COc2ccccc2)nc2ccccc21. The minimum absolute atomic E-state index is 0.0419. The van der Waals surface area contributed by atoms with Crippen LogP contribution in [0.5, 0.6) is 5.75 Å². The van der Waals surface area contributed by atoms with E-state index in [-0.39, 0.29) is 18.6 Å². The highest BCUT2D eigenvalue weighted by molar-refractivity contribution is 9.11. The quantitative estimate of drug-likeness (QED) is 0.631. The van der Waals surface area contributed by atoms with Gasteiger partial charge in [0.1, 0.15) is 11.6 Å². The molecule has 0 saturated heterocycles. The third-order valence-corrected chi connectivity index (χ3v) is 4.14. The third-order valence-electron chi connectivity index (χ3n) is 3.89. The summed E-state index contributed by atoms with van der Waals surface area (Å²) < 4.78 is 8.39. The van der Waals surface area contributed by atoms with Crippen molar-refractivity contribution in [3.8, 4) is 5.75 Å². The second-order valence-electron chi connectivity index (χ2n) is 5.95. The molecule has 1 heterocycles. The molecule has 134 valence electrons. The van der Waals surface area contributed by atoms with Gasteiger partial charge in [0.25, 0.3) is 5.91 Å². The lowest BCUT2D eigenvalue weighted by atomic mass is 10.3. The molecular weight excluding hydrogens is 394 g/mol. The molecule has 0 spiro atoms. The topological polar surface area (TPSA) is 56.2 Å². The Kier molecular flexibility index (Phi) is 5.73. The number of imidazole rings is 1. The van der Waals surface area contributed by atoms with Gasteiger partial charge in [0.15, 0.2) is 6.61 Å². The Bertz CT molecular complexity index is 921. The van der Waals surface area contributed by atoms with E-state index in [1.807, 2.05) is 61.5 Å². The molecule has 0 fully saturated rings. The van der Waals surface area contributed by atoms with Crippen LogP contribution in [0.15, 0.2) is 65.7 Å². The second-order valence-corrected chi connectivity index (χ2v) is 7.07. The zero-order valence-electron chi connectivity index (χ0n) is 14.5. The molecule has 2 aromatic carbocycles. The summed E-state index contributed by atoms with van der Waals surface area (Å²) in [5.41, 5.74) is 1.89. The Morgan fingerprint density at radius 3 is 2.65 bits per heavy atom. The number of carbonyl (C=O) groups excluding carboxylic acids is 1. The molecule has 1 amide bonds. The van der Waals surface area contributed by atoms with Gasteiger partial charge in [0.2, 0.25) is 0 Å². The van der Waals surface area contributed by atoms with Crippen molar-refractivity contribution in [2.45, 2.75) is 19.5 Å². The van der Waals surface area contributed by atoms with Crippen LogP contribution in [-0.4, -0.2) is 22.1 Å². The number of hydrogen-bond acceptors (Lipinski definition) is 3. The molecule has 1 atom stereocenters. The van der Waals surface area contributed by atoms with E-state index in [2.05, 4.69) is 37.4 Å². The van der Waals surface area contributed by atoms with Gasteiger partial charge < -0.3 is 14.6 Å². The summed E-state index contributed by atoms with van der Waals surface area (Å²) in [5.74, 6) is 1.25. The van der Waals surface area contributed by atoms with E-state index >= 15 is 0 Å². The first-order chi connectivity index (χ1) is 12.5. The maximum Gasteiger partial charge on any atom is 0.258 e. The lowest BCUT2D eigenvalue weighted by molar-refractivity contribution is -0.123. The number of nitrogens with zero attached hydrogens (tertiary/aromatic N) is 2. The summed E-state index contributed by atoms with van der Waals surface area (Å²) in [6, 6.07) is 16.9. The summed E-state index contributed by atoms with van der Waals surface area (Å²) in [6.45, 7) is 6.37. The minimum Gasteiger partial charge on any atom is -0.484 e. The third kappa shape index (κ3) is 4.32. The minimum atomic E-state index is -0.263. The van der Waals surface area contributed by atoms with Crippen LogP contribution in [-0.2, 0) is 11.3 Å². The van der Waals surface area contributed by atoms with Crippen LogP contribution >= 0.6 is 15.9 Å². The highest BCUT2D eigenvalue weighted by Crippen LogP contribution is 2.23. The number of hydrogen-bond donors (Lipinski definition) is 1. The predicted molar refractivity (Wildman–Crippen MR) is 106 cm³/mol. The fraction of sp³-hybridized carbons (Fsp3) is 0.200. The van der Waals surface area contributed by atoms with E-state index in [9.17, 15) is 4.79 Å². The monoisotopic (exact) mass is 413 g/mol. The van der Waals surface area contributed by atoms with Crippen molar-refractivity contribution in [1.82, 2.24) is 14.9 Å². The molecule has 6 heteroatoms. The number of halogens is 1. The molecule has 3 aromatic rings. The molecular formula is C20H20BrN3O2. The zero-order valence-corrected chi connectivity index (χ0v) is 16.1. The van der Waals surface area contributed by atoms with Crippen molar-refractivity contribution in [3.05, 3.63) is 71.5 Å². The van der Waals surface area contributed by atoms with Gasteiger partial charge in [-0.15, -0.1) is 0 Å². The summed E-state index contributed by atoms with van der Waals surface area (Å²) in [5, 5.41) is 2.95. The van der Waals surface area contributed by atoms with Crippen molar-refractivity contribution >= 4 is 32.9 Å². The summed E-state index contributed by atoms with van der Waals surface area (Å²) in [4.78, 5) is 16.9. The fourth-order valence-electron chi connectivity index (χ4n) is 2.78. The molecule has 0 aliphatic carbocycles. The molecule has 26 heavy (non-hydrogen) atoms. The molecule has 1 N–H and O–H groups in total. The van der Waals surface area contributed by atoms with Gasteiger partial charge in [0, 0.05) is 4.48 Å². The first-order valence-corrected chi connectivity index (χ1v) is 9.09. The van der Waals surface area contributed by atoms with E-state index in [1.165, 1.54) is 0 Å². The molecule has 5 nitrogen and oxygen atoms in total. The van der Waals surface area contributed by atoms with Gasteiger partial charge in [0.05, 0.1) is 23.6 Å². The van der Waals surface area contributed by atoms with Crippen molar-refractivity contribution in [3.63, 3.8) is 0 Å². The zero-order chi connectivity index (χ0) is 18.5. The second kappa shape index (κ2) is 8.19. The summed E-state index contributed by atoms with van der Waals surface area (Å²) in [6.07, 6.45) is 0.